The van der Waals surface area contributed by atoms with Crippen LogP contribution in [0.25, 0.3) is 11.0 Å². The van der Waals surface area contributed by atoms with E-state index in [2.05, 4.69) is 4.98 Å². The lowest BCUT2D eigenvalue weighted by Crippen LogP contribution is -2.41. The zero-order valence-corrected chi connectivity index (χ0v) is 12.7. The molecule has 0 radical (unpaired) electrons. The minimum absolute atomic E-state index is 0.0141. The van der Waals surface area contributed by atoms with Crippen LogP contribution in [0.5, 0.6) is 0 Å². The molecule has 0 spiro atoms. The van der Waals surface area contributed by atoms with E-state index in [4.69, 9.17) is 0 Å². The highest BCUT2D eigenvalue weighted by Crippen LogP contribution is 2.25. The van der Waals surface area contributed by atoms with Crippen molar-refractivity contribution in [3.05, 3.63) is 34.7 Å². The third-order valence-corrected chi connectivity index (χ3v) is 4.28. The first-order chi connectivity index (χ1) is 10.6. The second-order valence-electron chi connectivity index (χ2n) is 5.98. The number of carbonyl (C=O) groups excluding carboxylic acids is 1. The fourth-order valence-electron chi connectivity index (χ4n) is 3.19. The molecular weight excluding hydrogens is 282 g/mol. The Bertz CT molecular complexity index is 724. The Balaban J connectivity index is 1.75. The molecular formula is C16H21N3O3. The van der Waals surface area contributed by atoms with Gasteiger partial charge in [-0.2, -0.15) is 0 Å². The molecule has 1 saturated heterocycles. The molecule has 1 aromatic carbocycles. The summed E-state index contributed by atoms with van der Waals surface area (Å²) in [5.41, 5.74) is 1.68. The van der Waals surface area contributed by atoms with Crippen LogP contribution in [0.1, 0.15) is 32.2 Å². The first kappa shape index (κ1) is 14.8. The van der Waals surface area contributed by atoms with Gasteiger partial charge in [0.05, 0.1) is 23.6 Å². The summed E-state index contributed by atoms with van der Waals surface area (Å²) in [6.07, 6.45) is 1.07. The molecule has 1 aromatic heterocycles. The number of nitrogens with zero attached hydrogens (tertiary/aromatic N) is 2. The molecule has 0 aliphatic carbocycles. The number of para-hydroxylation sites is 2. The number of hydrogen-bond acceptors (Lipinski definition) is 3. The second kappa shape index (κ2) is 5.96. The van der Waals surface area contributed by atoms with Gasteiger partial charge in [-0.25, -0.2) is 4.79 Å². The zero-order chi connectivity index (χ0) is 15.7. The van der Waals surface area contributed by atoms with Crippen molar-refractivity contribution in [2.45, 2.75) is 38.3 Å². The summed E-state index contributed by atoms with van der Waals surface area (Å²) in [5.74, 6) is -0.0141. The van der Waals surface area contributed by atoms with Gasteiger partial charge >= 0.3 is 5.69 Å². The molecule has 1 unspecified atom stereocenters. The topological polar surface area (TPSA) is 78.3 Å². The van der Waals surface area contributed by atoms with Crippen molar-refractivity contribution < 1.29 is 9.90 Å². The van der Waals surface area contributed by atoms with Gasteiger partial charge in [0.25, 0.3) is 0 Å². The number of carbonyl (C=O) groups is 1. The van der Waals surface area contributed by atoms with Gasteiger partial charge in [-0.15, -0.1) is 0 Å². The van der Waals surface area contributed by atoms with Gasteiger partial charge in [-0.05, 0) is 31.9 Å². The van der Waals surface area contributed by atoms with Gasteiger partial charge in [0.15, 0.2) is 0 Å². The van der Waals surface area contributed by atoms with Gasteiger partial charge in [0, 0.05) is 19.1 Å². The van der Waals surface area contributed by atoms with E-state index >= 15 is 0 Å². The highest BCUT2D eigenvalue weighted by atomic mass is 16.3. The van der Waals surface area contributed by atoms with Crippen LogP contribution >= 0.6 is 0 Å². The lowest BCUT2D eigenvalue weighted by molar-refractivity contribution is -0.134. The van der Waals surface area contributed by atoms with Gasteiger partial charge < -0.3 is 15.0 Å². The molecule has 22 heavy (non-hydrogen) atoms. The fourth-order valence-corrected chi connectivity index (χ4v) is 3.19. The van der Waals surface area contributed by atoms with Gasteiger partial charge in [0.2, 0.25) is 5.91 Å². The summed E-state index contributed by atoms with van der Waals surface area (Å²) in [7, 11) is 0. The SMILES string of the molecule is CC(O)CC(=O)N1CCC(n2c(=O)[nH]c3ccccc32)CC1. The molecule has 0 saturated carbocycles. The van der Waals surface area contributed by atoms with Crippen molar-refractivity contribution in [2.24, 2.45) is 0 Å². The van der Waals surface area contributed by atoms with E-state index < -0.39 is 6.10 Å². The number of benzene rings is 1. The molecule has 0 bridgehead atoms. The number of nitrogens with one attached hydrogen (secondary N) is 1. The molecule has 2 N–H and O–H groups in total. The first-order valence-corrected chi connectivity index (χ1v) is 7.71. The van der Waals surface area contributed by atoms with Crippen LogP contribution in [0.4, 0.5) is 0 Å². The Labute approximate surface area is 128 Å². The number of aliphatic hydroxyl groups is 1. The summed E-state index contributed by atoms with van der Waals surface area (Å²) in [6.45, 7) is 2.88. The summed E-state index contributed by atoms with van der Waals surface area (Å²) < 4.78 is 1.81. The standard InChI is InChI=1S/C16H21N3O3/c1-11(20)10-15(21)18-8-6-12(7-9-18)19-14-5-3-2-4-13(14)17-16(19)22/h2-5,11-12,20H,6-10H2,1H3,(H,17,22). The number of likely N-dealkylation sites (tertiary alicyclic amines) is 1. The summed E-state index contributed by atoms with van der Waals surface area (Å²) >= 11 is 0. The number of amides is 1. The lowest BCUT2D eigenvalue weighted by atomic mass is 10.0. The Morgan fingerprint density at radius 3 is 2.73 bits per heavy atom. The smallest absolute Gasteiger partial charge is 0.326 e. The molecule has 118 valence electrons. The average Bonchev–Trinajstić information content (AvgIpc) is 2.82. The van der Waals surface area contributed by atoms with E-state index in [0.29, 0.717) is 13.1 Å². The van der Waals surface area contributed by atoms with Gasteiger partial charge in [0.1, 0.15) is 0 Å². The maximum absolute atomic E-state index is 12.2. The number of aromatic amines is 1. The minimum atomic E-state index is -0.610. The Hall–Kier alpha value is -2.08. The number of H-pyrrole nitrogens is 1. The van der Waals surface area contributed by atoms with E-state index in [9.17, 15) is 14.7 Å². The van der Waals surface area contributed by atoms with E-state index in [1.54, 1.807) is 11.8 Å². The molecule has 6 nitrogen and oxygen atoms in total. The predicted molar refractivity (Wildman–Crippen MR) is 83.7 cm³/mol. The van der Waals surface area contributed by atoms with Crippen LogP contribution in [0.2, 0.25) is 0 Å². The van der Waals surface area contributed by atoms with Crippen molar-refractivity contribution >= 4 is 16.9 Å². The number of aromatic nitrogens is 2. The number of imidazole rings is 1. The number of rotatable bonds is 3. The Morgan fingerprint density at radius 2 is 2.05 bits per heavy atom. The molecule has 6 heteroatoms. The van der Waals surface area contributed by atoms with Crippen molar-refractivity contribution in [3.8, 4) is 0 Å². The summed E-state index contributed by atoms with van der Waals surface area (Å²) in [5, 5.41) is 9.31. The highest BCUT2D eigenvalue weighted by molar-refractivity contribution is 5.77. The van der Waals surface area contributed by atoms with Crippen LogP contribution in [-0.2, 0) is 4.79 Å². The molecule has 1 atom stereocenters. The van der Waals surface area contributed by atoms with E-state index in [1.165, 1.54) is 0 Å². The van der Waals surface area contributed by atoms with Crippen molar-refractivity contribution in [2.75, 3.05) is 13.1 Å². The maximum Gasteiger partial charge on any atom is 0.326 e. The average molecular weight is 303 g/mol. The Kier molecular flexibility index (Phi) is 4.02. The lowest BCUT2D eigenvalue weighted by Gasteiger charge is -2.32. The molecule has 2 aromatic rings. The van der Waals surface area contributed by atoms with E-state index in [-0.39, 0.29) is 24.1 Å². The van der Waals surface area contributed by atoms with Crippen molar-refractivity contribution in [1.29, 1.82) is 0 Å². The monoisotopic (exact) mass is 303 g/mol. The molecule has 1 amide bonds. The van der Waals surface area contributed by atoms with Crippen LogP contribution in [0.3, 0.4) is 0 Å². The molecule has 2 heterocycles. The molecule has 3 rings (SSSR count). The number of hydrogen-bond donors (Lipinski definition) is 2. The molecule has 1 fully saturated rings. The quantitative estimate of drug-likeness (QED) is 0.896. The number of aliphatic hydroxyl groups excluding tert-OH is 1. The predicted octanol–water partition coefficient (Wildman–Crippen LogP) is 1.26. The van der Waals surface area contributed by atoms with Crippen LogP contribution in [0.15, 0.2) is 29.1 Å². The fraction of sp³-hybridized carbons (Fsp3) is 0.500. The first-order valence-electron chi connectivity index (χ1n) is 7.71. The van der Waals surface area contributed by atoms with Crippen LogP contribution in [-0.4, -0.2) is 44.7 Å². The highest BCUT2D eigenvalue weighted by Gasteiger charge is 2.26. The number of fused-ring (bicyclic) bond motifs is 1. The summed E-state index contributed by atoms with van der Waals surface area (Å²) in [6, 6.07) is 7.78. The third-order valence-electron chi connectivity index (χ3n) is 4.28. The van der Waals surface area contributed by atoms with Gasteiger partial charge in [-0.3, -0.25) is 9.36 Å². The van der Waals surface area contributed by atoms with Crippen molar-refractivity contribution in [3.63, 3.8) is 0 Å². The van der Waals surface area contributed by atoms with Crippen LogP contribution in [0, 0.1) is 0 Å². The molecule has 1 aliphatic rings. The van der Waals surface area contributed by atoms with E-state index in [0.717, 1.165) is 23.9 Å². The normalized spacial score (nSPS) is 17.8. The zero-order valence-electron chi connectivity index (χ0n) is 12.7. The maximum atomic E-state index is 12.2. The second-order valence-corrected chi connectivity index (χ2v) is 5.98. The van der Waals surface area contributed by atoms with Crippen molar-refractivity contribution in [1.82, 2.24) is 14.5 Å². The number of piperidine rings is 1. The largest absolute Gasteiger partial charge is 0.393 e. The molecule has 1 aliphatic heterocycles. The minimum Gasteiger partial charge on any atom is -0.393 e. The van der Waals surface area contributed by atoms with Gasteiger partial charge in [-0.1, -0.05) is 12.1 Å². The summed E-state index contributed by atoms with van der Waals surface area (Å²) in [4.78, 5) is 28.8. The third kappa shape index (κ3) is 2.78. The Morgan fingerprint density at radius 1 is 1.36 bits per heavy atom. The van der Waals surface area contributed by atoms with E-state index in [1.807, 2.05) is 28.8 Å². The van der Waals surface area contributed by atoms with Crippen LogP contribution < -0.4 is 5.69 Å².